The Morgan fingerprint density at radius 3 is 2.67 bits per heavy atom. The lowest BCUT2D eigenvalue weighted by Gasteiger charge is -2.01. The fourth-order valence-electron chi connectivity index (χ4n) is 1.28. The Morgan fingerprint density at radius 2 is 2.00 bits per heavy atom. The molecular weight excluding hydrogens is 160 g/mol. The monoisotopic (exact) mass is 175 g/mol. The SMILES string of the molecule is CCCCc1cccc(C[Si])c1. The molecule has 0 fully saturated rings. The third-order valence-electron chi connectivity index (χ3n) is 2.01. The Kier molecular flexibility index (Phi) is 4.09. The van der Waals surface area contributed by atoms with E-state index < -0.39 is 0 Å². The number of hydrogen-bond acceptors (Lipinski definition) is 0. The van der Waals surface area contributed by atoms with Crippen molar-refractivity contribution in [3.05, 3.63) is 35.4 Å². The highest BCUT2D eigenvalue weighted by atomic mass is 28.1. The Balaban J connectivity index is 2.60. The summed E-state index contributed by atoms with van der Waals surface area (Å²) < 4.78 is 0. The minimum absolute atomic E-state index is 0.958. The van der Waals surface area contributed by atoms with Crippen LogP contribution >= 0.6 is 0 Å². The molecule has 0 saturated heterocycles. The van der Waals surface area contributed by atoms with Crippen LogP contribution in [0.3, 0.4) is 0 Å². The van der Waals surface area contributed by atoms with Crippen LogP contribution in [0.25, 0.3) is 0 Å². The summed E-state index contributed by atoms with van der Waals surface area (Å²) in [6, 6.07) is 9.74. The van der Waals surface area contributed by atoms with Gasteiger partial charge in [-0.3, -0.25) is 0 Å². The second kappa shape index (κ2) is 5.15. The lowest BCUT2D eigenvalue weighted by molar-refractivity contribution is 0.794. The lowest BCUT2D eigenvalue weighted by Crippen LogP contribution is -1.88. The van der Waals surface area contributed by atoms with Gasteiger partial charge in [-0.25, -0.2) is 0 Å². The van der Waals surface area contributed by atoms with Gasteiger partial charge in [-0.1, -0.05) is 43.2 Å². The van der Waals surface area contributed by atoms with E-state index in [4.69, 9.17) is 0 Å². The maximum Gasteiger partial charge on any atom is 0.0283 e. The standard InChI is InChI=1S/C11H15Si/c1-2-3-5-10-6-4-7-11(8-10)9-12/h4,6-8H,2-3,5,9H2,1H3. The molecule has 0 unspecified atom stereocenters. The van der Waals surface area contributed by atoms with Gasteiger partial charge in [0.05, 0.1) is 0 Å². The van der Waals surface area contributed by atoms with E-state index in [1.807, 2.05) is 0 Å². The molecule has 0 bridgehead atoms. The zero-order valence-corrected chi connectivity index (χ0v) is 8.64. The van der Waals surface area contributed by atoms with E-state index in [0.717, 1.165) is 6.04 Å². The van der Waals surface area contributed by atoms with Gasteiger partial charge in [0.15, 0.2) is 0 Å². The van der Waals surface area contributed by atoms with Gasteiger partial charge in [0.1, 0.15) is 0 Å². The summed E-state index contributed by atoms with van der Waals surface area (Å²) in [5, 5.41) is 0. The number of benzene rings is 1. The quantitative estimate of drug-likeness (QED) is 0.617. The van der Waals surface area contributed by atoms with E-state index in [1.165, 1.54) is 30.4 Å². The summed E-state index contributed by atoms with van der Waals surface area (Å²) in [5.74, 6) is 0. The van der Waals surface area contributed by atoms with Gasteiger partial charge in [-0.15, -0.1) is 0 Å². The van der Waals surface area contributed by atoms with E-state index >= 15 is 0 Å². The van der Waals surface area contributed by atoms with Gasteiger partial charge in [0.2, 0.25) is 0 Å². The van der Waals surface area contributed by atoms with Crippen molar-refractivity contribution in [2.24, 2.45) is 0 Å². The number of rotatable bonds is 4. The normalized spacial score (nSPS) is 10.2. The van der Waals surface area contributed by atoms with Crippen molar-refractivity contribution >= 4 is 10.2 Å². The molecular formula is C11H15Si. The molecule has 0 aliphatic rings. The number of hydrogen-bond donors (Lipinski definition) is 0. The van der Waals surface area contributed by atoms with E-state index in [0.29, 0.717) is 0 Å². The van der Waals surface area contributed by atoms with E-state index in [2.05, 4.69) is 41.4 Å². The molecule has 0 spiro atoms. The predicted molar refractivity (Wildman–Crippen MR) is 54.5 cm³/mol. The summed E-state index contributed by atoms with van der Waals surface area (Å²) >= 11 is 0. The molecule has 63 valence electrons. The largest absolute Gasteiger partial charge is 0.0654 e. The second-order valence-electron chi connectivity index (χ2n) is 3.10. The minimum Gasteiger partial charge on any atom is -0.0654 e. The highest BCUT2D eigenvalue weighted by Crippen LogP contribution is 2.08. The summed E-state index contributed by atoms with van der Waals surface area (Å²) in [6.45, 7) is 2.23. The molecule has 1 aromatic rings. The molecule has 0 atom stereocenters. The first-order valence-corrected chi connectivity index (χ1v) is 5.30. The van der Waals surface area contributed by atoms with Crippen molar-refractivity contribution in [1.29, 1.82) is 0 Å². The van der Waals surface area contributed by atoms with Gasteiger partial charge in [-0.2, -0.15) is 0 Å². The van der Waals surface area contributed by atoms with E-state index in [1.54, 1.807) is 0 Å². The number of unbranched alkanes of at least 4 members (excludes halogenated alkanes) is 1. The van der Waals surface area contributed by atoms with Crippen LogP contribution in [0.1, 0.15) is 30.9 Å². The fourth-order valence-corrected chi connectivity index (χ4v) is 1.50. The maximum atomic E-state index is 3.51. The van der Waals surface area contributed by atoms with Crippen LogP contribution in [0.4, 0.5) is 0 Å². The zero-order chi connectivity index (χ0) is 8.81. The van der Waals surface area contributed by atoms with Crippen LogP contribution in [-0.4, -0.2) is 10.2 Å². The molecule has 1 rings (SSSR count). The molecule has 12 heavy (non-hydrogen) atoms. The topological polar surface area (TPSA) is 0 Å². The third-order valence-corrected chi connectivity index (χ3v) is 2.42. The van der Waals surface area contributed by atoms with Crippen LogP contribution in [0.5, 0.6) is 0 Å². The maximum absolute atomic E-state index is 3.51. The summed E-state index contributed by atoms with van der Waals surface area (Å²) in [6.07, 6.45) is 3.79. The Hall–Kier alpha value is -0.563. The lowest BCUT2D eigenvalue weighted by atomic mass is 10.1. The molecule has 0 aromatic heterocycles. The van der Waals surface area contributed by atoms with Crippen molar-refractivity contribution in [3.63, 3.8) is 0 Å². The first-order valence-electron chi connectivity index (χ1n) is 4.59. The Morgan fingerprint density at radius 1 is 1.25 bits per heavy atom. The zero-order valence-electron chi connectivity index (χ0n) is 7.64. The summed E-state index contributed by atoms with van der Waals surface area (Å²) in [4.78, 5) is 0. The van der Waals surface area contributed by atoms with Gasteiger partial charge in [0, 0.05) is 10.2 Å². The molecule has 0 aliphatic heterocycles. The second-order valence-corrected chi connectivity index (χ2v) is 3.45. The van der Waals surface area contributed by atoms with Crippen LogP contribution in [-0.2, 0) is 12.5 Å². The van der Waals surface area contributed by atoms with Crippen molar-refractivity contribution < 1.29 is 0 Å². The summed E-state index contributed by atoms with van der Waals surface area (Å²) in [7, 11) is 3.51. The van der Waals surface area contributed by atoms with Crippen molar-refractivity contribution in [1.82, 2.24) is 0 Å². The van der Waals surface area contributed by atoms with Crippen LogP contribution in [0, 0.1) is 0 Å². The van der Waals surface area contributed by atoms with Gasteiger partial charge in [0.25, 0.3) is 0 Å². The van der Waals surface area contributed by atoms with Crippen molar-refractivity contribution in [2.45, 2.75) is 32.2 Å². The molecule has 3 radical (unpaired) electrons. The van der Waals surface area contributed by atoms with E-state index in [9.17, 15) is 0 Å². The molecule has 0 amide bonds. The van der Waals surface area contributed by atoms with Crippen LogP contribution < -0.4 is 0 Å². The number of aryl methyl sites for hydroxylation is 1. The Bertz CT molecular complexity index is 230. The molecule has 1 heteroatoms. The van der Waals surface area contributed by atoms with Gasteiger partial charge >= 0.3 is 0 Å². The Labute approximate surface area is 78.4 Å². The van der Waals surface area contributed by atoms with Crippen LogP contribution in [0.2, 0.25) is 0 Å². The smallest absolute Gasteiger partial charge is 0.0283 e. The minimum atomic E-state index is 0.958. The molecule has 0 nitrogen and oxygen atoms in total. The van der Waals surface area contributed by atoms with Gasteiger partial charge in [-0.05, 0) is 24.4 Å². The van der Waals surface area contributed by atoms with Gasteiger partial charge < -0.3 is 0 Å². The van der Waals surface area contributed by atoms with Crippen molar-refractivity contribution in [3.8, 4) is 0 Å². The van der Waals surface area contributed by atoms with Crippen LogP contribution in [0.15, 0.2) is 24.3 Å². The van der Waals surface area contributed by atoms with Crippen molar-refractivity contribution in [2.75, 3.05) is 0 Å². The molecule has 0 heterocycles. The highest BCUT2D eigenvalue weighted by Gasteiger charge is 1.93. The summed E-state index contributed by atoms with van der Waals surface area (Å²) in [5.41, 5.74) is 2.84. The molecule has 0 saturated carbocycles. The first kappa shape index (κ1) is 9.52. The van der Waals surface area contributed by atoms with E-state index in [-0.39, 0.29) is 0 Å². The average molecular weight is 175 g/mol. The molecule has 0 N–H and O–H groups in total. The predicted octanol–water partition coefficient (Wildman–Crippen LogP) is 2.70. The fraction of sp³-hybridized carbons (Fsp3) is 0.455. The average Bonchev–Trinajstić information content (AvgIpc) is 2.15. The molecule has 0 aliphatic carbocycles. The first-order chi connectivity index (χ1) is 5.86. The highest BCUT2D eigenvalue weighted by molar-refractivity contribution is 6.08. The third kappa shape index (κ3) is 2.82. The molecule has 1 aromatic carbocycles.